The minimum Gasteiger partial charge on any atom is -0.378 e. The fourth-order valence-corrected chi connectivity index (χ4v) is 3.56. The Balaban J connectivity index is 1.44. The number of nitrogens with one attached hydrogen (secondary N) is 1. The van der Waals surface area contributed by atoms with Gasteiger partial charge >= 0.3 is 6.03 Å². The summed E-state index contributed by atoms with van der Waals surface area (Å²) < 4.78 is 21.8. The van der Waals surface area contributed by atoms with Crippen LogP contribution in [0.25, 0.3) is 17.0 Å². The summed E-state index contributed by atoms with van der Waals surface area (Å²) in [5.41, 5.74) is 1.33. The average molecular weight is 396 g/mol. The Hall–Kier alpha value is -3.20. The number of benzene rings is 1. The summed E-state index contributed by atoms with van der Waals surface area (Å²) >= 11 is 0. The van der Waals surface area contributed by atoms with E-state index in [0.29, 0.717) is 35.9 Å². The highest BCUT2D eigenvalue weighted by Crippen LogP contribution is 2.27. The van der Waals surface area contributed by atoms with E-state index in [9.17, 15) is 9.18 Å². The van der Waals surface area contributed by atoms with Gasteiger partial charge in [-0.3, -0.25) is 4.40 Å². The molecule has 1 N–H and O–H groups in total. The van der Waals surface area contributed by atoms with Gasteiger partial charge in [0.1, 0.15) is 11.6 Å². The molecule has 0 bridgehead atoms. The summed E-state index contributed by atoms with van der Waals surface area (Å²) in [6.45, 7) is 4.46. The van der Waals surface area contributed by atoms with Gasteiger partial charge in [-0.25, -0.2) is 19.2 Å². The second kappa shape index (κ2) is 7.32. The number of nitrogens with zero attached hydrogens (tertiary/aromatic N) is 5. The monoisotopic (exact) mass is 396 g/mol. The third-order valence-corrected chi connectivity index (χ3v) is 5.33. The molecule has 8 nitrogen and oxygen atoms in total. The Bertz CT molecular complexity index is 1060. The average Bonchev–Trinajstić information content (AvgIpc) is 3.12. The number of rotatable bonds is 3. The lowest BCUT2D eigenvalue weighted by atomic mass is 10.1. The molecule has 0 atom stereocenters. The van der Waals surface area contributed by atoms with Crippen molar-refractivity contribution < 1.29 is 13.9 Å². The lowest BCUT2D eigenvalue weighted by Crippen LogP contribution is -2.44. The van der Waals surface area contributed by atoms with Crippen LogP contribution in [0.15, 0.2) is 36.7 Å². The molecule has 29 heavy (non-hydrogen) atoms. The summed E-state index contributed by atoms with van der Waals surface area (Å²) in [6.07, 6.45) is 4.64. The number of halogens is 1. The number of fused-ring (bicyclic) bond motifs is 1. The van der Waals surface area contributed by atoms with Crippen LogP contribution in [-0.4, -0.2) is 64.7 Å². The number of imidazole rings is 1. The fourth-order valence-electron chi connectivity index (χ4n) is 3.56. The van der Waals surface area contributed by atoms with E-state index in [2.05, 4.69) is 20.2 Å². The fraction of sp³-hybridized carbons (Fsp3) is 0.350. The number of anilines is 2. The van der Waals surface area contributed by atoms with E-state index in [1.54, 1.807) is 29.3 Å². The van der Waals surface area contributed by atoms with Crippen LogP contribution in [0, 0.1) is 5.82 Å². The lowest BCUT2D eigenvalue weighted by Gasteiger charge is -2.30. The quantitative estimate of drug-likeness (QED) is 0.737. The number of amides is 2. The molecular formula is C20H21FN6O2. The van der Waals surface area contributed by atoms with E-state index in [0.717, 1.165) is 38.4 Å². The van der Waals surface area contributed by atoms with Crippen molar-refractivity contribution in [1.29, 1.82) is 0 Å². The molecule has 0 radical (unpaired) electrons. The molecule has 2 amide bonds. The number of carbonyl (C=O) groups is 1. The first-order chi connectivity index (χ1) is 14.2. The standard InChI is InChI=1S/C20H21FN6O2/c21-16-3-2-14(23-20(28)26-5-1-6-26)12-15(16)17-4-7-27-18(13-22-19(27)24-17)25-8-10-29-11-9-25/h2-4,7,12-13H,1,5-6,8-11H2,(H,23,28). The minimum atomic E-state index is -0.399. The van der Waals surface area contributed by atoms with Crippen LogP contribution >= 0.6 is 0 Å². The number of hydrogen-bond donors (Lipinski definition) is 1. The van der Waals surface area contributed by atoms with Crippen LogP contribution < -0.4 is 10.2 Å². The Morgan fingerprint density at radius 2 is 1.97 bits per heavy atom. The highest BCUT2D eigenvalue weighted by atomic mass is 19.1. The van der Waals surface area contributed by atoms with E-state index in [1.165, 1.54) is 6.07 Å². The number of carbonyl (C=O) groups excluding carboxylic acids is 1. The molecule has 9 heteroatoms. The van der Waals surface area contributed by atoms with Gasteiger partial charge in [0.25, 0.3) is 0 Å². The van der Waals surface area contributed by atoms with Crippen molar-refractivity contribution in [2.24, 2.45) is 0 Å². The van der Waals surface area contributed by atoms with E-state index in [1.807, 2.05) is 10.6 Å². The van der Waals surface area contributed by atoms with Crippen molar-refractivity contribution in [3.63, 3.8) is 0 Å². The molecule has 1 aromatic carbocycles. The molecule has 2 saturated heterocycles. The first-order valence-corrected chi connectivity index (χ1v) is 9.72. The number of morpholine rings is 1. The van der Waals surface area contributed by atoms with Crippen LogP contribution in [-0.2, 0) is 4.74 Å². The zero-order valence-electron chi connectivity index (χ0n) is 15.8. The second-order valence-corrected chi connectivity index (χ2v) is 7.16. The third kappa shape index (κ3) is 3.38. The Labute approximate surface area is 166 Å². The highest BCUT2D eigenvalue weighted by Gasteiger charge is 2.21. The smallest absolute Gasteiger partial charge is 0.321 e. The lowest BCUT2D eigenvalue weighted by molar-refractivity contribution is 0.122. The number of aromatic nitrogens is 3. The zero-order chi connectivity index (χ0) is 19.8. The topological polar surface area (TPSA) is 75.0 Å². The van der Waals surface area contributed by atoms with Gasteiger partial charge in [-0.2, -0.15) is 0 Å². The summed E-state index contributed by atoms with van der Waals surface area (Å²) in [7, 11) is 0. The van der Waals surface area contributed by atoms with Gasteiger partial charge in [0, 0.05) is 43.6 Å². The molecule has 0 spiro atoms. The first kappa shape index (κ1) is 17.9. The van der Waals surface area contributed by atoms with Crippen LogP contribution in [0.5, 0.6) is 0 Å². The Kier molecular flexibility index (Phi) is 4.51. The van der Waals surface area contributed by atoms with Crippen LogP contribution in [0.3, 0.4) is 0 Å². The van der Waals surface area contributed by atoms with Crippen molar-refractivity contribution in [2.75, 3.05) is 49.6 Å². The third-order valence-electron chi connectivity index (χ3n) is 5.33. The molecule has 4 heterocycles. The van der Waals surface area contributed by atoms with E-state index in [-0.39, 0.29) is 6.03 Å². The molecule has 2 aromatic heterocycles. The molecule has 150 valence electrons. The molecule has 0 unspecified atom stereocenters. The molecular weight excluding hydrogens is 375 g/mol. The minimum absolute atomic E-state index is 0.166. The maximum absolute atomic E-state index is 14.5. The van der Waals surface area contributed by atoms with Crippen LogP contribution in [0.4, 0.5) is 20.7 Å². The summed E-state index contributed by atoms with van der Waals surface area (Å²) in [5, 5.41) is 2.82. The molecule has 0 saturated carbocycles. The molecule has 0 aliphatic carbocycles. The summed E-state index contributed by atoms with van der Waals surface area (Å²) in [6, 6.07) is 6.11. The number of likely N-dealkylation sites (tertiary alicyclic amines) is 1. The van der Waals surface area contributed by atoms with Gasteiger partial charge in [0.15, 0.2) is 0 Å². The zero-order valence-corrected chi connectivity index (χ0v) is 15.8. The molecule has 2 aliphatic heterocycles. The Morgan fingerprint density at radius 1 is 1.14 bits per heavy atom. The number of hydrogen-bond acceptors (Lipinski definition) is 5. The first-order valence-electron chi connectivity index (χ1n) is 9.72. The van der Waals surface area contributed by atoms with E-state index in [4.69, 9.17) is 4.74 Å². The normalized spacial score (nSPS) is 16.7. The van der Waals surface area contributed by atoms with Gasteiger partial charge in [0.05, 0.1) is 25.1 Å². The van der Waals surface area contributed by atoms with Gasteiger partial charge in [-0.05, 0) is 30.7 Å². The van der Waals surface area contributed by atoms with Gasteiger partial charge < -0.3 is 19.9 Å². The van der Waals surface area contributed by atoms with Crippen LogP contribution in [0.1, 0.15) is 6.42 Å². The Morgan fingerprint density at radius 3 is 2.72 bits per heavy atom. The molecule has 2 aliphatic rings. The van der Waals surface area contributed by atoms with Gasteiger partial charge in [-0.15, -0.1) is 0 Å². The van der Waals surface area contributed by atoms with Gasteiger partial charge in [-0.1, -0.05) is 0 Å². The number of urea groups is 1. The van der Waals surface area contributed by atoms with Crippen LogP contribution in [0.2, 0.25) is 0 Å². The van der Waals surface area contributed by atoms with Crippen molar-refractivity contribution in [3.8, 4) is 11.3 Å². The maximum atomic E-state index is 14.5. The second-order valence-electron chi connectivity index (χ2n) is 7.16. The molecule has 2 fully saturated rings. The number of ether oxygens (including phenoxy) is 1. The van der Waals surface area contributed by atoms with Crippen molar-refractivity contribution in [3.05, 3.63) is 42.5 Å². The molecule has 5 rings (SSSR count). The van der Waals surface area contributed by atoms with Crippen molar-refractivity contribution in [1.82, 2.24) is 19.3 Å². The summed E-state index contributed by atoms with van der Waals surface area (Å²) in [5.74, 6) is 1.04. The van der Waals surface area contributed by atoms with Crippen molar-refractivity contribution in [2.45, 2.75) is 6.42 Å². The predicted molar refractivity (Wildman–Crippen MR) is 107 cm³/mol. The maximum Gasteiger partial charge on any atom is 0.321 e. The highest BCUT2D eigenvalue weighted by molar-refractivity contribution is 5.90. The van der Waals surface area contributed by atoms with Gasteiger partial charge in [0.2, 0.25) is 5.78 Å². The van der Waals surface area contributed by atoms with E-state index >= 15 is 0 Å². The largest absolute Gasteiger partial charge is 0.378 e. The predicted octanol–water partition coefficient (Wildman–Crippen LogP) is 2.61. The summed E-state index contributed by atoms with van der Waals surface area (Å²) in [4.78, 5) is 25.0. The van der Waals surface area contributed by atoms with Crippen molar-refractivity contribution >= 4 is 23.3 Å². The van der Waals surface area contributed by atoms with E-state index < -0.39 is 5.82 Å². The SMILES string of the molecule is O=C(Nc1ccc(F)c(-c2ccn3c(N4CCOCC4)cnc3n2)c1)N1CCC1. The molecule has 3 aromatic rings.